The number of hydrogen-bond donors (Lipinski definition) is 2. The number of carbonyl (C=O) groups is 1. The van der Waals surface area contributed by atoms with Crippen molar-refractivity contribution in [2.24, 2.45) is 0 Å². The summed E-state index contributed by atoms with van der Waals surface area (Å²) < 4.78 is 0. The molecule has 3 rings (SSSR count). The predicted molar refractivity (Wildman–Crippen MR) is 83.9 cm³/mol. The van der Waals surface area contributed by atoms with Gasteiger partial charge in [0.2, 0.25) is 0 Å². The molecule has 2 aliphatic heterocycles. The van der Waals surface area contributed by atoms with Crippen molar-refractivity contribution in [2.75, 3.05) is 44.2 Å². The molecule has 1 saturated heterocycles. The fourth-order valence-corrected chi connectivity index (χ4v) is 3.73. The Labute approximate surface area is 127 Å². The number of hydrogen-bond acceptors (Lipinski definition) is 1. The van der Waals surface area contributed by atoms with E-state index < -0.39 is 0 Å². The van der Waals surface area contributed by atoms with Crippen LogP contribution in [0.3, 0.4) is 0 Å². The average Bonchev–Trinajstić information content (AvgIpc) is 2.83. The first kappa shape index (κ1) is 14.5. The van der Waals surface area contributed by atoms with Crippen LogP contribution < -0.4 is 14.7 Å². The number of nitrogens with one attached hydrogen (secondary N) is 2. The highest BCUT2D eigenvalue weighted by Crippen LogP contribution is 2.31. The number of para-hydroxylation sites is 1. The maximum absolute atomic E-state index is 12.7. The first-order chi connectivity index (χ1) is 10.2. The van der Waals surface area contributed by atoms with Crippen LogP contribution in [0.25, 0.3) is 0 Å². The molecule has 0 unspecified atom stereocenters. The lowest BCUT2D eigenvalue weighted by molar-refractivity contribution is -1.01. The van der Waals surface area contributed by atoms with Gasteiger partial charge in [0.05, 0.1) is 6.54 Å². The van der Waals surface area contributed by atoms with Gasteiger partial charge in [-0.1, -0.05) is 18.2 Å². The zero-order valence-corrected chi connectivity index (χ0v) is 13.2. The number of amides is 1. The van der Waals surface area contributed by atoms with Crippen molar-refractivity contribution in [3.63, 3.8) is 0 Å². The molecule has 1 aromatic rings. The summed E-state index contributed by atoms with van der Waals surface area (Å²) >= 11 is 0. The van der Waals surface area contributed by atoms with Gasteiger partial charge in [-0.15, -0.1) is 0 Å². The minimum atomic E-state index is 0.294. The molecule has 21 heavy (non-hydrogen) atoms. The quantitative estimate of drug-likeness (QED) is 0.717. The van der Waals surface area contributed by atoms with E-state index in [1.54, 1.807) is 4.90 Å². The maximum atomic E-state index is 12.7. The maximum Gasteiger partial charge on any atom is 0.282 e. The number of carbonyl (C=O) groups excluding carboxylic acids is 1. The van der Waals surface area contributed by atoms with E-state index in [1.807, 2.05) is 11.0 Å². The third kappa shape index (κ3) is 2.97. The summed E-state index contributed by atoms with van der Waals surface area (Å²) in [7, 11) is 0. The van der Waals surface area contributed by atoms with Crippen molar-refractivity contribution >= 4 is 11.6 Å². The first-order valence-electron chi connectivity index (χ1n) is 8.26. The van der Waals surface area contributed by atoms with Crippen molar-refractivity contribution in [3.05, 3.63) is 29.8 Å². The summed E-state index contributed by atoms with van der Waals surface area (Å²) in [6, 6.07) is 8.64. The van der Waals surface area contributed by atoms with Crippen LogP contribution >= 0.6 is 0 Å². The summed E-state index contributed by atoms with van der Waals surface area (Å²) in [6.07, 6.45) is 0.991. The van der Waals surface area contributed by atoms with E-state index in [9.17, 15) is 4.79 Å². The van der Waals surface area contributed by atoms with Crippen LogP contribution in [0, 0.1) is 0 Å². The van der Waals surface area contributed by atoms with Crippen LogP contribution in [0.1, 0.15) is 19.4 Å². The minimum absolute atomic E-state index is 0.294. The molecule has 1 atom stereocenters. The normalized spacial score (nSPS) is 28.5. The van der Waals surface area contributed by atoms with E-state index >= 15 is 0 Å². The molecule has 0 spiro atoms. The van der Waals surface area contributed by atoms with Gasteiger partial charge >= 0.3 is 0 Å². The van der Waals surface area contributed by atoms with Crippen molar-refractivity contribution in [2.45, 2.75) is 26.3 Å². The molecule has 0 aromatic heterocycles. The minimum Gasteiger partial charge on any atom is -0.326 e. The Morgan fingerprint density at radius 2 is 1.86 bits per heavy atom. The molecule has 0 aliphatic carbocycles. The molecule has 4 heteroatoms. The summed E-state index contributed by atoms with van der Waals surface area (Å²) in [5.74, 6) is 0.294. The van der Waals surface area contributed by atoms with Gasteiger partial charge in [0.25, 0.3) is 5.91 Å². The second kappa shape index (κ2) is 6.16. The molecule has 0 saturated carbocycles. The molecule has 4 nitrogen and oxygen atoms in total. The van der Waals surface area contributed by atoms with Gasteiger partial charge in [0, 0.05) is 11.7 Å². The third-order valence-corrected chi connectivity index (χ3v) is 5.04. The predicted octanol–water partition coefficient (Wildman–Crippen LogP) is -1.23. The van der Waals surface area contributed by atoms with Gasteiger partial charge in [-0.25, -0.2) is 0 Å². The Morgan fingerprint density at radius 1 is 1.19 bits per heavy atom. The van der Waals surface area contributed by atoms with E-state index in [-0.39, 0.29) is 0 Å². The van der Waals surface area contributed by atoms with E-state index in [0.717, 1.165) is 25.2 Å². The van der Waals surface area contributed by atoms with Crippen LogP contribution in [0.2, 0.25) is 0 Å². The van der Waals surface area contributed by atoms with E-state index in [1.165, 1.54) is 30.1 Å². The summed E-state index contributed by atoms with van der Waals surface area (Å²) in [4.78, 5) is 17.9. The molecular formula is C17H27N3O+2. The summed E-state index contributed by atoms with van der Waals surface area (Å²) in [5.41, 5.74) is 2.45. The smallest absolute Gasteiger partial charge is 0.282 e. The molecule has 2 aliphatic rings. The lowest BCUT2D eigenvalue weighted by atomic mass is 10.1. The van der Waals surface area contributed by atoms with Gasteiger partial charge in [0.15, 0.2) is 6.54 Å². The standard InChI is InChI=1S/C17H25N3O/c1-3-18-8-10-19(11-9-18)13-17(21)20-14(2)12-15-6-4-5-7-16(15)20/h4-7,14H,3,8-13H2,1-2H3/p+2/t14-/m0/s1. The van der Waals surface area contributed by atoms with E-state index in [2.05, 4.69) is 32.0 Å². The SMILES string of the molecule is CC[NH+]1CC[NH+](CC(=O)N2c3ccccc3C[C@@H]2C)CC1. The van der Waals surface area contributed by atoms with Gasteiger partial charge in [-0.2, -0.15) is 0 Å². The van der Waals surface area contributed by atoms with Gasteiger partial charge in [-0.05, 0) is 31.9 Å². The molecule has 1 aromatic carbocycles. The topological polar surface area (TPSA) is 29.2 Å². The zero-order valence-electron chi connectivity index (χ0n) is 13.2. The Hall–Kier alpha value is -1.39. The molecule has 2 heterocycles. The summed E-state index contributed by atoms with van der Waals surface area (Å²) in [5, 5.41) is 0. The second-order valence-electron chi connectivity index (χ2n) is 6.48. The number of rotatable bonds is 3. The van der Waals surface area contributed by atoms with Crippen molar-refractivity contribution < 1.29 is 14.6 Å². The van der Waals surface area contributed by atoms with Gasteiger partial charge in [0.1, 0.15) is 26.2 Å². The largest absolute Gasteiger partial charge is 0.326 e. The van der Waals surface area contributed by atoms with Gasteiger partial charge < -0.3 is 14.7 Å². The molecule has 1 fully saturated rings. The molecule has 114 valence electrons. The number of benzene rings is 1. The molecule has 0 radical (unpaired) electrons. The number of nitrogens with zero attached hydrogens (tertiary/aromatic N) is 1. The van der Waals surface area contributed by atoms with Gasteiger partial charge in [-0.3, -0.25) is 4.79 Å². The number of anilines is 1. The monoisotopic (exact) mass is 289 g/mol. The fraction of sp³-hybridized carbons (Fsp3) is 0.588. The Kier molecular flexibility index (Phi) is 4.27. The van der Waals surface area contributed by atoms with Crippen LogP contribution in [-0.4, -0.2) is 51.2 Å². The lowest BCUT2D eigenvalue weighted by Crippen LogP contribution is -3.28. The molecule has 2 N–H and O–H groups in total. The number of fused-ring (bicyclic) bond motifs is 1. The fourth-order valence-electron chi connectivity index (χ4n) is 3.73. The third-order valence-electron chi connectivity index (χ3n) is 5.04. The van der Waals surface area contributed by atoms with Crippen molar-refractivity contribution in [1.82, 2.24) is 0 Å². The van der Waals surface area contributed by atoms with Crippen LogP contribution in [0.15, 0.2) is 24.3 Å². The Balaban J connectivity index is 1.64. The molecular weight excluding hydrogens is 262 g/mol. The second-order valence-corrected chi connectivity index (χ2v) is 6.48. The van der Waals surface area contributed by atoms with Crippen LogP contribution in [0.4, 0.5) is 5.69 Å². The zero-order chi connectivity index (χ0) is 14.8. The van der Waals surface area contributed by atoms with E-state index in [4.69, 9.17) is 0 Å². The highest BCUT2D eigenvalue weighted by molar-refractivity contribution is 5.96. The average molecular weight is 289 g/mol. The Bertz CT molecular complexity index is 509. The highest BCUT2D eigenvalue weighted by Gasteiger charge is 2.33. The van der Waals surface area contributed by atoms with E-state index in [0.29, 0.717) is 18.5 Å². The lowest BCUT2D eigenvalue weighted by Gasteiger charge is -2.30. The van der Waals surface area contributed by atoms with Crippen molar-refractivity contribution in [1.29, 1.82) is 0 Å². The number of likely N-dealkylation sites (N-methyl/N-ethyl adjacent to an activating group) is 1. The molecule has 0 bridgehead atoms. The first-order valence-corrected chi connectivity index (χ1v) is 8.26. The number of piperazine rings is 1. The highest BCUT2D eigenvalue weighted by atomic mass is 16.2. The number of quaternary nitrogens is 2. The van der Waals surface area contributed by atoms with Crippen molar-refractivity contribution in [3.8, 4) is 0 Å². The van der Waals surface area contributed by atoms with Crippen LogP contribution in [0.5, 0.6) is 0 Å². The van der Waals surface area contributed by atoms with Crippen LogP contribution in [-0.2, 0) is 11.2 Å². The molecule has 1 amide bonds. The Morgan fingerprint density at radius 3 is 2.57 bits per heavy atom. The summed E-state index contributed by atoms with van der Waals surface area (Å²) in [6.45, 7) is 10.9.